The van der Waals surface area contributed by atoms with Crippen molar-refractivity contribution in [3.63, 3.8) is 0 Å². The summed E-state index contributed by atoms with van der Waals surface area (Å²) in [6.45, 7) is 3.27. The Balaban J connectivity index is 2.86. The van der Waals surface area contributed by atoms with Gasteiger partial charge < -0.3 is 5.21 Å². The molecule has 1 aromatic rings. The fraction of sp³-hybridized carbons (Fsp3) is 0.375. The van der Waals surface area contributed by atoms with Crippen molar-refractivity contribution in [2.75, 3.05) is 0 Å². The Morgan fingerprint density at radius 1 is 1.67 bits per heavy atom. The molecule has 0 spiro atoms. The van der Waals surface area contributed by atoms with Gasteiger partial charge in [0, 0.05) is 0 Å². The third-order valence-corrected chi connectivity index (χ3v) is 2.46. The monoisotopic (exact) mass is 185 g/mol. The van der Waals surface area contributed by atoms with Crippen molar-refractivity contribution < 1.29 is 10.0 Å². The van der Waals surface area contributed by atoms with E-state index in [0.717, 1.165) is 0 Å². The molecule has 66 valence electrons. The highest BCUT2D eigenvalue weighted by Crippen LogP contribution is 2.16. The van der Waals surface area contributed by atoms with Gasteiger partial charge in [-0.1, -0.05) is 6.07 Å². The molecule has 0 bridgehead atoms. The van der Waals surface area contributed by atoms with Crippen molar-refractivity contribution in [3.8, 4) is 0 Å². The number of rotatable bonds is 3. The Bertz CT molecular complexity index is 267. The van der Waals surface area contributed by atoms with Crippen molar-refractivity contribution in [2.24, 2.45) is 0 Å². The lowest BCUT2D eigenvalue weighted by atomic mass is 9.99. The van der Waals surface area contributed by atoms with Crippen molar-refractivity contribution in [1.29, 1.82) is 0 Å². The summed E-state index contributed by atoms with van der Waals surface area (Å²) in [6, 6.07) is 3.55. The molecule has 0 aromatic carbocycles. The molecule has 1 aromatic heterocycles. The molecule has 0 saturated heterocycles. The molecule has 0 aliphatic rings. The number of hydrogen-bond donors (Lipinski definition) is 2. The summed E-state index contributed by atoms with van der Waals surface area (Å²) in [5.74, 6) is -0.0972. The third-order valence-electron chi connectivity index (χ3n) is 1.59. The lowest BCUT2D eigenvalue weighted by Gasteiger charge is -2.19. The van der Waals surface area contributed by atoms with E-state index in [1.807, 2.05) is 16.9 Å². The van der Waals surface area contributed by atoms with Gasteiger partial charge in [0.2, 0.25) is 0 Å². The fourth-order valence-electron chi connectivity index (χ4n) is 0.767. The lowest BCUT2D eigenvalue weighted by Crippen LogP contribution is -2.44. The molecular weight excluding hydrogens is 174 g/mol. The molecule has 0 amide bonds. The number of hydrogen-bond acceptors (Lipinski definition) is 4. The van der Waals surface area contributed by atoms with E-state index in [0.29, 0.717) is 4.88 Å². The van der Waals surface area contributed by atoms with Crippen LogP contribution in [0.2, 0.25) is 0 Å². The number of hydroxylamine groups is 1. The molecule has 0 atom stereocenters. The van der Waals surface area contributed by atoms with Crippen molar-refractivity contribution >= 4 is 17.1 Å². The Morgan fingerprint density at radius 2 is 2.33 bits per heavy atom. The summed E-state index contributed by atoms with van der Waals surface area (Å²) >= 11 is 1.37. The number of carbonyl (C=O) groups excluding carboxylic acids is 1. The Hall–Kier alpha value is -0.710. The van der Waals surface area contributed by atoms with Gasteiger partial charge in [0.05, 0.1) is 4.88 Å². The van der Waals surface area contributed by atoms with Gasteiger partial charge in [-0.3, -0.25) is 4.79 Å². The maximum Gasteiger partial charge on any atom is 0.194 e. The fourth-order valence-corrected chi connectivity index (χ4v) is 1.59. The minimum Gasteiger partial charge on any atom is -0.316 e. The topological polar surface area (TPSA) is 49.3 Å². The molecule has 1 rings (SSSR count). The number of carbonyl (C=O) groups is 1. The van der Waals surface area contributed by atoms with E-state index in [4.69, 9.17) is 5.21 Å². The molecule has 0 aliphatic heterocycles. The van der Waals surface area contributed by atoms with Gasteiger partial charge in [-0.15, -0.1) is 11.3 Å². The number of ketones is 1. The maximum absolute atomic E-state index is 11.5. The van der Waals surface area contributed by atoms with Crippen LogP contribution in [0.15, 0.2) is 17.5 Å². The Labute approximate surface area is 75.0 Å². The van der Waals surface area contributed by atoms with Crippen LogP contribution < -0.4 is 5.48 Å². The van der Waals surface area contributed by atoms with Crippen LogP contribution in [0, 0.1) is 0 Å². The maximum atomic E-state index is 11.5. The minimum atomic E-state index is -0.898. The molecule has 0 unspecified atom stereocenters. The molecule has 12 heavy (non-hydrogen) atoms. The first-order valence-corrected chi connectivity index (χ1v) is 4.45. The smallest absolute Gasteiger partial charge is 0.194 e. The minimum absolute atomic E-state index is 0.0972. The molecule has 3 nitrogen and oxygen atoms in total. The predicted molar refractivity (Wildman–Crippen MR) is 47.7 cm³/mol. The highest BCUT2D eigenvalue weighted by Gasteiger charge is 2.28. The average molecular weight is 185 g/mol. The number of Topliss-reactive ketones (excluding diaryl/α,β-unsaturated/α-hetero) is 1. The summed E-state index contributed by atoms with van der Waals surface area (Å²) in [7, 11) is 0. The van der Waals surface area contributed by atoms with Gasteiger partial charge in [0.15, 0.2) is 5.78 Å². The summed E-state index contributed by atoms with van der Waals surface area (Å²) in [4.78, 5) is 12.2. The van der Waals surface area contributed by atoms with Crippen LogP contribution in [0.5, 0.6) is 0 Å². The predicted octanol–water partition coefficient (Wildman–Crippen LogP) is 1.69. The van der Waals surface area contributed by atoms with E-state index in [1.165, 1.54) is 11.3 Å². The number of nitrogens with one attached hydrogen (secondary N) is 1. The molecule has 0 aliphatic carbocycles. The van der Waals surface area contributed by atoms with E-state index in [-0.39, 0.29) is 5.78 Å². The van der Waals surface area contributed by atoms with Gasteiger partial charge >= 0.3 is 0 Å². The van der Waals surface area contributed by atoms with Crippen molar-refractivity contribution in [3.05, 3.63) is 22.4 Å². The van der Waals surface area contributed by atoms with E-state index in [9.17, 15) is 4.79 Å². The summed E-state index contributed by atoms with van der Waals surface area (Å²) in [5.41, 5.74) is 1.09. The zero-order chi connectivity index (χ0) is 9.19. The molecular formula is C8H11NO2S. The van der Waals surface area contributed by atoms with Crippen LogP contribution in [-0.4, -0.2) is 16.5 Å². The second-order valence-electron chi connectivity index (χ2n) is 3.04. The van der Waals surface area contributed by atoms with Crippen LogP contribution in [-0.2, 0) is 0 Å². The summed E-state index contributed by atoms with van der Waals surface area (Å²) < 4.78 is 0. The zero-order valence-corrected chi connectivity index (χ0v) is 7.81. The number of thiophene rings is 1. The van der Waals surface area contributed by atoms with E-state index < -0.39 is 5.54 Å². The summed E-state index contributed by atoms with van der Waals surface area (Å²) in [5, 5.41) is 10.5. The Morgan fingerprint density at radius 3 is 2.75 bits per heavy atom. The van der Waals surface area contributed by atoms with Gasteiger partial charge in [-0.05, 0) is 25.3 Å². The third kappa shape index (κ3) is 1.72. The van der Waals surface area contributed by atoms with Crippen LogP contribution >= 0.6 is 11.3 Å². The standard InChI is InChI=1S/C8H11NO2S/c1-8(2,9-11)7(10)6-4-3-5-12-6/h3-5,9,11H,1-2H3. The second-order valence-corrected chi connectivity index (χ2v) is 3.99. The zero-order valence-electron chi connectivity index (χ0n) is 7.00. The van der Waals surface area contributed by atoms with Crippen LogP contribution in [0.1, 0.15) is 23.5 Å². The molecule has 1 heterocycles. The van der Waals surface area contributed by atoms with Crippen LogP contribution in [0.25, 0.3) is 0 Å². The molecule has 0 fully saturated rings. The first-order chi connectivity index (χ1) is 5.58. The second kappa shape index (κ2) is 3.35. The van der Waals surface area contributed by atoms with Crippen LogP contribution in [0.3, 0.4) is 0 Å². The molecule has 0 saturated carbocycles. The van der Waals surface area contributed by atoms with Gasteiger partial charge in [-0.2, -0.15) is 5.48 Å². The first-order valence-electron chi connectivity index (χ1n) is 3.57. The molecule has 0 radical (unpaired) electrons. The van der Waals surface area contributed by atoms with E-state index in [1.54, 1.807) is 19.9 Å². The van der Waals surface area contributed by atoms with Crippen molar-refractivity contribution in [1.82, 2.24) is 5.48 Å². The Kier molecular flexibility index (Phi) is 2.62. The molecule has 2 N–H and O–H groups in total. The average Bonchev–Trinajstić information content (AvgIpc) is 2.55. The van der Waals surface area contributed by atoms with E-state index >= 15 is 0 Å². The largest absolute Gasteiger partial charge is 0.316 e. The quantitative estimate of drug-likeness (QED) is 0.556. The lowest BCUT2D eigenvalue weighted by molar-refractivity contribution is 0.0573. The van der Waals surface area contributed by atoms with Gasteiger partial charge in [0.1, 0.15) is 5.54 Å². The summed E-state index contributed by atoms with van der Waals surface area (Å²) in [6.07, 6.45) is 0. The van der Waals surface area contributed by atoms with Crippen LogP contribution in [0.4, 0.5) is 0 Å². The van der Waals surface area contributed by atoms with Crippen molar-refractivity contribution in [2.45, 2.75) is 19.4 Å². The first kappa shape index (κ1) is 9.38. The highest BCUT2D eigenvalue weighted by atomic mass is 32.1. The normalized spacial score (nSPS) is 11.6. The SMILES string of the molecule is CC(C)(NO)C(=O)c1cccs1. The van der Waals surface area contributed by atoms with E-state index in [2.05, 4.69) is 0 Å². The van der Waals surface area contributed by atoms with Gasteiger partial charge in [-0.25, -0.2) is 0 Å². The highest BCUT2D eigenvalue weighted by molar-refractivity contribution is 7.12. The molecule has 4 heteroatoms. The van der Waals surface area contributed by atoms with Gasteiger partial charge in [0.25, 0.3) is 0 Å².